The minimum Gasteiger partial charge on any atom is -0.295 e. The zero-order chi connectivity index (χ0) is 11.2. The van der Waals surface area contributed by atoms with Gasteiger partial charge in [-0.05, 0) is 19.8 Å². The maximum Gasteiger partial charge on any atom is 0.154 e. The van der Waals surface area contributed by atoms with Crippen molar-refractivity contribution in [2.45, 2.75) is 33.6 Å². The normalized spacial score (nSPS) is 11.5. The quantitative estimate of drug-likeness (QED) is 0.750. The first kappa shape index (κ1) is 10.4. The number of hydrogen-bond donors (Lipinski definition) is 1. The molecule has 2 aromatic heterocycles. The van der Waals surface area contributed by atoms with Crippen molar-refractivity contribution in [3.8, 4) is 0 Å². The van der Waals surface area contributed by atoms with Crippen LogP contribution in [0.5, 0.6) is 0 Å². The molecule has 2 heterocycles. The highest BCUT2D eigenvalue weighted by Gasteiger charge is 2.08. The second kappa shape index (κ2) is 3.45. The Morgan fingerprint density at radius 1 is 1.40 bits per heavy atom. The predicted molar refractivity (Wildman–Crippen MR) is 63.9 cm³/mol. The van der Waals surface area contributed by atoms with Crippen LogP contribution < -0.4 is 0 Å². The number of aromatic amines is 1. The lowest BCUT2D eigenvalue weighted by Gasteiger charge is -2.01. The van der Waals surface area contributed by atoms with E-state index in [0.29, 0.717) is 5.92 Å². The minimum atomic E-state index is 0.460. The molecule has 15 heavy (non-hydrogen) atoms. The van der Waals surface area contributed by atoms with E-state index < -0.39 is 0 Å². The molecule has 1 N–H and O–H groups in total. The van der Waals surface area contributed by atoms with Crippen molar-refractivity contribution in [3.63, 3.8) is 0 Å². The van der Waals surface area contributed by atoms with E-state index >= 15 is 0 Å². The molecule has 2 aromatic rings. The lowest BCUT2D eigenvalue weighted by molar-refractivity contribution is 0.779. The van der Waals surface area contributed by atoms with Crippen LogP contribution in [0.1, 0.15) is 36.7 Å². The maximum atomic E-state index is 5.37. The average molecular weight is 221 g/mol. The second-order valence-corrected chi connectivity index (χ2v) is 4.57. The monoisotopic (exact) mass is 221 g/mol. The predicted octanol–water partition coefficient (Wildman–Crippen LogP) is 3.13. The van der Waals surface area contributed by atoms with Crippen molar-refractivity contribution in [1.82, 2.24) is 14.6 Å². The Morgan fingerprint density at radius 3 is 2.67 bits per heavy atom. The van der Waals surface area contributed by atoms with Crippen LogP contribution in [0.25, 0.3) is 5.65 Å². The Hall–Kier alpha value is -1.16. The Kier molecular flexibility index (Phi) is 2.38. The number of aryl methyl sites for hydroxylation is 1. The second-order valence-electron chi connectivity index (χ2n) is 4.19. The lowest BCUT2D eigenvalue weighted by atomic mass is 10.1. The van der Waals surface area contributed by atoms with Crippen molar-refractivity contribution in [1.29, 1.82) is 0 Å². The van der Waals surface area contributed by atoms with E-state index in [1.54, 1.807) is 0 Å². The average Bonchev–Trinajstić information content (AvgIpc) is 2.58. The molecule has 0 unspecified atom stereocenters. The number of fused-ring (bicyclic) bond motifs is 1. The molecule has 2 rings (SSSR count). The molecular weight excluding hydrogens is 206 g/mol. The van der Waals surface area contributed by atoms with Crippen LogP contribution in [0.4, 0.5) is 0 Å². The smallest absolute Gasteiger partial charge is 0.154 e. The van der Waals surface area contributed by atoms with Gasteiger partial charge in [-0.25, -0.2) is 9.50 Å². The summed E-state index contributed by atoms with van der Waals surface area (Å²) in [5, 5.41) is 3.28. The van der Waals surface area contributed by atoms with E-state index in [1.165, 1.54) is 5.69 Å². The molecule has 0 aromatic carbocycles. The Balaban J connectivity index is 2.82. The van der Waals surface area contributed by atoms with Crippen molar-refractivity contribution >= 4 is 17.9 Å². The van der Waals surface area contributed by atoms with Gasteiger partial charge in [0, 0.05) is 23.0 Å². The summed E-state index contributed by atoms with van der Waals surface area (Å²) in [5.74, 6) is 0.460. The van der Waals surface area contributed by atoms with Crippen LogP contribution in [-0.2, 0) is 0 Å². The largest absolute Gasteiger partial charge is 0.295 e. The fourth-order valence-electron chi connectivity index (χ4n) is 1.53. The molecule has 0 atom stereocenters. The molecule has 0 bridgehead atoms. The van der Waals surface area contributed by atoms with Gasteiger partial charge in [0.2, 0.25) is 0 Å². The molecule has 0 radical (unpaired) electrons. The van der Waals surface area contributed by atoms with Crippen LogP contribution in [-0.4, -0.2) is 14.6 Å². The zero-order valence-corrected chi connectivity index (χ0v) is 10.3. The molecule has 0 aliphatic carbocycles. The summed E-state index contributed by atoms with van der Waals surface area (Å²) < 4.78 is 2.71. The SMILES string of the molecule is Cc1nc2cc(C(C)C)[nH]n2c(=S)c1C. The first-order valence-electron chi connectivity index (χ1n) is 5.09. The molecule has 0 saturated heterocycles. The molecule has 0 saturated carbocycles. The zero-order valence-electron chi connectivity index (χ0n) is 9.46. The molecule has 80 valence electrons. The molecule has 0 amide bonds. The van der Waals surface area contributed by atoms with Crippen LogP contribution in [0.3, 0.4) is 0 Å². The van der Waals surface area contributed by atoms with Crippen LogP contribution in [0.15, 0.2) is 6.07 Å². The number of hydrogen-bond acceptors (Lipinski definition) is 2. The van der Waals surface area contributed by atoms with Crippen molar-refractivity contribution in [2.75, 3.05) is 0 Å². The van der Waals surface area contributed by atoms with Gasteiger partial charge in [0.15, 0.2) is 5.65 Å². The third-order valence-corrected chi connectivity index (χ3v) is 3.21. The third kappa shape index (κ3) is 1.59. The van der Waals surface area contributed by atoms with Gasteiger partial charge < -0.3 is 0 Å². The summed E-state index contributed by atoms with van der Waals surface area (Å²) >= 11 is 5.37. The molecule has 0 fully saturated rings. The number of rotatable bonds is 1. The van der Waals surface area contributed by atoms with Crippen LogP contribution >= 0.6 is 12.2 Å². The van der Waals surface area contributed by atoms with Crippen molar-refractivity contribution in [3.05, 3.63) is 27.7 Å². The Labute approximate surface area is 94.1 Å². The fourth-order valence-corrected chi connectivity index (χ4v) is 1.82. The fraction of sp³-hybridized carbons (Fsp3) is 0.455. The lowest BCUT2D eigenvalue weighted by Crippen LogP contribution is -1.98. The highest BCUT2D eigenvalue weighted by atomic mass is 32.1. The summed E-state index contributed by atoms with van der Waals surface area (Å²) in [5.41, 5.74) is 4.15. The van der Waals surface area contributed by atoms with E-state index in [2.05, 4.69) is 30.0 Å². The van der Waals surface area contributed by atoms with Gasteiger partial charge in [-0.3, -0.25) is 5.10 Å². The van der Waals surface area contributed by atoms with Crippen molar-refractivity contribution < 1.29 is 0 Å². The summed E-state index contributed by atoms with van der Waals surface area (Å²) in [6.45, 7) is 8.29. The summed E-state index contributed by atoms with van der Waals surface area (Å²) in [4.78, 5) is 4.50. The number of aromatic nitrogens is 3. The van der Waals surface area contributed by atoms with E-state index in [1.807, 2.05) is 18.4 Å². The maximum absolute atomic E-state index is 5.37. The van der Waals surface area contributed by atoms with E-state index in [4.69, 9.17) is 12.2 Å². The highest BCUT2D eigenvalue weighted by molar-refractivity contribution is 7.71. The summed E-state index contributed by atoms with van der Waals surface area (Å²) in [7, 11) is 0. The van der Waals surface area contributed by atoms with Crippen LogP contribution in [0.2, 0.25) is 0 Å². The van der Waals surface area contributed by atoms with Gasteiger partial charge in [-0.1, -0.05) is 26.1 Å². The van der Waals surface area contributed by atoms with E-state index in [9.17, 15) is 0 Å². The van der Waals surface area contributed by atoms with Gasteiger partial charge in [-0.15, -0.1) is 0 Å². The van der Waals surface area contributed by atoms with Gasteiger partial charge in [0.1, 0.15) is 4.64 Å². The van der Waals surface area contributed by atoms with Gasteiger partial charge in [0.05, 0.1) is 0 Å². The molecule has 0 aliphatic heterocycles. The topological polar surface area (TPSA) is 33.1 Å². The first-order valence-corrected chi connectivity index (χ1v) is 5.50. The van der Waals surface area contributed by atoms with Gasteiger partial charge in [-0.2, -0.15) is 0 Å². The Bertz CT molecular complexity index is 563. The number of nitrogens with zero attached hydrogens (tertiary/aromatic N) is 2. The minimum absolute atomic E-state index is 0.460. The highest BCUT2D eigenvalue weighted by Crippen LogP contribution is 2.16. The number of nitrogens with one attached hydrogen (secondary N) is 1. The molecule has 0 spiro atoms. The first-order chi connectivity index (χ1) is 7.00. The number of H-pyrrole nitrogens is 1. The third-order valence-electron chi connectivity index (χ3n) is 2.73. The van der Waals surface area contributed by atoms with Crippen LogP contribution in [0, 0.1) is 18.5 Å². The summed E-state index contributed by atoms with van der Waals surface area (Å²) in [6, 6.07) is 2.06. The summed E-state index contributed by atoms with van der Waals surface area (Å²) in [6.07, 6.45) is 0. The standard InChI is InChI=1S/C11H15N3S/c1-6(2)9-5-10-12-8(4)7(3)11(15)14(10)13-9/h5-6,13H,1-4H3. The molecule has 4 heteroatoms. The molecule has 0 aliphatic rings. The Morgan fingerprint density at radius 2 is 2.07 bits per heavy atom. The van der Waals surface area contributed by atoms with E-state index in [-0.39, 0.29) is 0 Å². The van der Waals surface area contributed by atoms with Gasteiger partial charge >= 0.3 is 0 Å². The van der Waals surface area contributed by atoms with Crippen molar-refractivity contribution in [2.24, 2.45) is 0 Å². The molecular formula is C11H15N3S. The van der Waals surface area contributed by atoms with Gasteiger partial charge in [0.25, 0.3) is 0 Å². The molecule has 3 nitrogen and oxygen atoms in total. The van der Waals surface area contributed by atoms with E-state index in [0.717, 1.165) is 21.5 Å².